The van der Waals surface area contributed by atoms with Crippen molar-refractivity contribution in [2.45, 2.75) is 6.42 Å². The summed E-state index contributed by atoms with van der Waals surface area (Å²) < 4.78 is 19.8. The predicted molar refractivity (Wildman–Crippen MR) is 65.7 cm³/mol. The Balaban J connectivity index is 2.11. The topological polar surface area (TPSA) is 60.4 Å². The molecule has 0 radical (unpaired) electrons. The Labute approximate surface area is 111 Å². The lowest BCUT2D eigenvalue weighted by Gasteiger charge is -2.04. The molecule has 0 saturated carbocycles. The van der Waals surface area contributed by atoms with Crippen LogP contribution in [0.4, 0.5) is 4.39 Å². The van der Waals surface area contributed by atoms with Gasteiger partial charge < -0.3 is 4.52 Å². The molecule has 5 nitrogen and oxygen atoms in total. The summed E-state index contributed by atoms with van der Waals surface area (Å²) >= 11 is 5.68. The fourth-order valence-corrected chi connectivity index (χ4v) is 1.90. The van der Waals surface area contributed by atoms with E-state index in [0.29, 0.717) is 5.15 Å². The molecule has 3 heterocycles. The minimum absolute atomic E-state index is 0.205. The van der Waals surface area contributed by atoms with Crippen molar-refractivity contribution in [2.75, 3.05) is 0 Å². The maximum absolute atomic E-state index is 13.8. The molecule has 0 atom stereocenters. The first-order valence-electron chi connectivity index (χ1n) is 5.41. The summed E-state index contributed by atoms with van der Waals surface area (Å²) in [7, 11) is 0. The highest BCUT2D eigenvalue weighted by Crippen LogP contribution is 2.15. The second-order valence-electron chi connectivity index (χ2n) is 3.92. The molecule has 96 valence electrons. The van der Waals surface area contributed by atoms with Crippen LogP contribution < -0.4 is 5.76 Å². The Kier molecular flexibility index (Phi) is 2.79. The third-order valence-corrected chi connectivity index (χ3v) is 2.87. The van der Waals surface area contributed by atoms with Gasteiger partial charge in [-0.1, -0.05) is 17.7 Å². The van der Waals surface area contributed by atoms with E-state index in [4.69, 9.17) is 16.1 Å². The van der Waals surface area contributed by atoms with Crippen LogP contribution in [0.1, 0.15) is 11.3 Å². The van der Waals surface area contributed by atoms with E-state index in [1.54, 1.807) is 12.1 Å². The molecular weight excluding hydrogens is 273 g/mol. The summed E-state index contributed by atoms with van der Waals surface area (Å²) in [5, 5.41) is 0.358. The molecule has 0 aliphatic carbocycles. The van der Waals surface area contributed by atoms with E-state index in [9.17, 15) is 9.18 Å². The van der Waals surface area contributed by atoms with E-state index in [-0.39, 0.29) is 17.8 Å². The normalized spacial score (nSPS) is 11.1. The Bertz CT molecular complexity index is 795. The minimum atomic E-state index is -0.763. The molecule has 0 bridgehead atoms. The second-order valence-corrected chi connectivity index (χ2v) is 4.30. The van der Waals surface area contributed by atoms with E-state index in [1.807, 2.05) is 0 Å². The van der Waals surface area contributed by atoms with Crippen LogP contribution >= 0.6 is 11.6 Å². The molecule has 0 spiro atoms. The van der Waals surface area contributed by atoms with Gasteiger partial charge in [0.05, 0.1) is 0 Å². The number of fused-ring (bicyclic) bond motifs is 1. The van der Waals surface area contributed by atoms with Crippen LogP contribution in [-0.2, 0) is 6.42 Å². The van der Waals surface area contributed by atoms with Crippen molar-refractivity contribution in [3.05, 3.63) is 63.2 Å². The summed E-state index contributed by atoms with van der Waals surface area (Å²) in [5.41, 5.74) is 1.21. The number of aromatic nitrogens is 3. The van der Waals surface area contributed by atoms with Gasteiger partial charge in [0.1, 0.15) is 16.7 Å². The number of hydrogen-bond acceptors (Lipinski definition) is 4. The molecular formula is C12H7ClFN3O2. The third kappa shape index (κ3) is 2.22. The maximum Gasteiger partial charge on any atom is 0.460 e. The van der Waals surface area contributed by atoms with Gasteiger partial charge in [0.2, 0.25) is 0 Å². The zero-order valence-electron chi connectivity index (χ0n) is 9.51. The van der Waals surface area contributed by atoms with E-state index in [0.717, 1.165) is 10.1 Å². The SMILES string of the molecule is O=c1nc2ccc(F)c(Cc3ccc(Cl)nc3)n2o1. The average Bonchev–Trinajstić information content (AvgIpc) is 2.76. The van der Waals surface area contributed by atoms with Crippen molar-refractivity contribution < 1.29 is 8.91 Å². The quantitative estimate of drug-likeness (QED) is 0.674. The van der Waals surface area contributed by atoms with Gasteiger partial charge in [0.25, 0.3) is 0 Å². The van der Waals surface area contributed by atoms with E-state index in [2.05, 4.69) is 9.97 Å². The van der Waals surface area contributed by atoms with Crippen LogP contribution in [0.3, 0.4) is 0 Å². The molecule has 0 aliphatic rings. The molecule has 0 fully saturated rings. The van der Waals surface area contributed by atoms with Crippen LogP contribution in [-0.4, -0.2) is 14.5 Å². The predicted octanol–water partition coefficient (Wildman–Crippen LogP) is 2.07. The zero-order chi connectivity index (χ0) is 13.4. The Morgan fingerprint density at radius 1 is 1.32 bits per heavy atom. The molecule has 0 unspecified atom stereocenters. The minimum Gasteiger partial charge on any atom is -0.313 e. The van der Waals surface area contributed by atoms with E-state index >= 15 is 0 Å². The van der Waals surface area contributed by atoms with Crippen LogP contribution in [0.5, 0.6) is 0 Å². The van der Waals surface area contributed by atoms with Gasteiger partial charge in [0.15, 0.2) is 5.65 Å². The van der Waals surface area contributed by atoms with Gasteiger partial charge in [-0.2, -0.15) is 9.56 Å². The Morgan fingerprint density at radius 3 is 2.89 bits per heavy atom. The Morgan fingerprint density at radius 2 is 2.16 bits per heavy atom. The standard InChI is InChI=1S/C12H7ClFN3O2/c13-10-3-1-7(6-15-10)5-9-8(14)2-4-11-16-12(18)19-17(9)11/h1-4,6H,5H2. The maximum atomic E-state index is 13.8. The fraction of sp³-hybridized carbons (Fsp3) is 0.0833. The van der Waals surface area contributed by atoms with Gasteiger partial charge >= 0.3 is 5.76 Å². The summed E-state index contributed by atoms with van der Waals surface area (Å²) in [6.07, 6.45) is 1.75. The average molecular weight is 280 g/mol. The zero-order valence-corrected chi connectivity index (χ0v) is 10.3. The molecule has 7 heteroatoms. The number of pyridine rings is 2. The monoisotopic (exact) mass is 279 g/mol. The van der Waals surface area contributed by atoms with Crippen molar-refractivity contribution in [3.63, 3.8) is 0 Å². The largest absolute Gasteiger partial charge is 0.460 e. The third-order valence-electron chi connectivity index (χ3n) is 2.64. The van der Waals surface area contributed by atoms with Crippen molar-refractivity contribution >= 4 is 17.2 Å². The first-order chi connectivity index (χ1) is 9.13. The van der Waals surface area contributed by atoms with Gasteiger partial charge in [-0.15, -0.1) is 0 Å². The molecule has 0 amide bonds. The molecule has 0 aliphatic heterocycles. The first-order valence-corrected chi connectivity index (χ1v) is 5.79. The second kappa shape index (κ2) is 4.47. The summed E-state index contributed by atoms with van der Waals surface area (Å²) in [6.45, 7) is 0. The highest BCUT2D eigenvalue weighted by atomic mass is 35.5. The van der Waals surface area contributed by atoms with Gasteiger partial charge in [0, 0.05) is 12.6 Å². The lowest BCUT2D eigenvalue weighted by molar-refractivity contribution is 0.329. The van der Waals surface area contributed by atoms with Crippen LogP contribution in [0, 0.1) is 5.82 Å². The number of nitrogens with zero attached hydrogens (tertiary/aromatic N) is 3. The van der Waals surface area contributed by atoms with Gasteiger partial charge in [-0.05, 0) is 23.8 Å². The fourth-order valence-electron chi connectivity index (χ4n) is 1.78. The van der Waals surface area contributed by atoms with E-state index < -0.39 is 11.6 Å². The van der Waals surface area contributed by atoms with E-state index in [1.165, 1.54) is 18.3 Å². The van der Waals surface area contributed by atoms with Gasteiger partial charge in [-0.3, -0.25) is 0 Å². The molecule has 3 aromatic heterocycles. The number of rotatable bonds is 2. The van der Waals surface area contributed by atoms with Crippen molar-refractivity contribution in [2.24, 2.45) is 0 Å². The van der Waals surface area contributed by atoms with Crippen LogP contribution in [0.25, 0.3) is 5.65 Å². The summed E-state index contributed by atoms with van der Waals surface area (Å²) in [4.78, 5) is 18.6. The molecule has 19 heavy (non-hydrogen) atoms. The van der Waals surface area contributed by atoms with Gasteiger partial charge in [-0.25, -0.2) is 14.2 Å². The van der Waals surface area contributed by atoms with Crippen LogP contribution in [0.15, 0.2) is 39.8 Å². The molecule has 3 rings (SSSR count). The van der Waals surface area contributed by atoms with Crippen molar-refractivity contribution in [3.8, 4) is 0 Å². The number of hydrogen-bond donors (Lipinski definition) is 0. The highest BCUT2D eigenvalue weighted by Gasteiger charge is 2.12. The Hall–Kier alpha value is -2.21. The van der Waals surface area contributed by atoms with Crippen molar-refractivity contribution in [1.29, 1.82) is 0 Å². The lowest BCUT2D eigenvalue weighted by atomic mass is 10.1. The molecule has 3 aromatic rings. The van der Waals surface area contributed by atoms with Crippen molar-refractivity contribution in [1.82, 2.24) is 14.5 Å². The van der Waals surface area contributed by atoms with Crippen LogP contribution in [0.2, 0.25) is 5.15 Å². The molecule has 0 saturated heterocycles. The highest BCUT2D eigenvalue weighted by molar-refractivity contribution is 6.29. The lowest BCUT2D eigenvalue weighted by Crippen LogP contribution is -2.02. The smallest absolute Gasteiger partial charge is 0.313 e. The summed E-state index contributed by atoms with van der Waals surface area (Å²) in [6, 6.07) is 5.96. The summed E-state index contributed by atoms with van der Waals surface area (Å²) in [5.74, 6) is -1.25. The molecule has 0 N–H and O–H groups in total. The first kappa shape index (κ1) is 11.9. The number of halogens is 2. The molecule has 0 aromatic carbocycles.